The van der Waals surface area contributed by atoms with Crippen LogP contribution in [0.25, 0.3) is 17.0 Å². The lowest BCUT2D eigenvalue weighted by atomic mass is 9.95. The van der Waals surface area contributed by atoms with Crippen molar-refractivity contribution in [3.63, 3.8) is 0 Å². The molecule has 2 aromatic heterocycles. The minimum atomic E-state index is -0.0279. The van der Waals surface area contributed by atoms with Gasteiger partial charge in [0.25, 0.3) is 5.91 Å². The van der Waals surface area contributed by atoms with Crippen LogP contribution in [0.15, 0.2) is 47.1 Å². The molecule has 2 heterocycles. The highest BCUT2D eigenvalue weighted by Gasteiger charge is 2.18. The predicted molar refractivity (Wildman–Crippen MR) is 100 cm³/mol. The molecule has 0 saturated heterocycles. The van der Waals surface area contributed by atoms with Crippen LogP contribution >= 0.6 is 15.9 Å². The van der Waals surface area contributed by atoms with Crippen molar-refractivity contribution in [1.82, 2.24) is 19.9 Å². The fourth-order valence-electron chi connectivity index (χ4n) is 3.37. The van der Waals surface area contributed by atoms with Crippen LogP contribution in [0.1, 0.15) is 42.5 Å². The molecular weight excluding hydrogens is 380 g/mol. The van der Waals surface area contributed by atoms with Gasteiger partial charge >= 0.3 is 0 Å². The van der Waals surface area contributed by atoms with E-state index in [1.807, 2.05) is 40.9 Å². The number of pyridine rings is 1. The molecule has 3 aromatic rings. The van der Waals surface area contributed by atoms with Gasteiger partial charge in [-0.3, -0.25) is 9.20 Å². The van der Waals surface area contributed by atoms with Gasteiger partial charge in [0.05, 0.1) is 0 Å². The summed E-state index contributed by atoms with van der Waals surface area (Å²) >= 11 is 3.55. The minimum Gasteiger partial charge on any atom is -0.349 e. The SMILES string of the molecule is O=C(NC1CCCCC1)c1ccn2c(-c3ccccc3Br)nnc2c1. The lowest BCUT2D eigenvalue weighted by Gasteiger charge is -2.22. The van der Waals surface area contributed by atoms with E-state index in [1.54, 1.807) is 6.07 Å². The van der Waals surface area contributed by atoms with Crippen molar-refractivity contribution in [3.05, 3.63) is 52.6 Å². The summed E-state index contributed by atoms with van der Waals surface area (Å²) in [6.07, 6.45) is 7.68. The van der Waals surface area contributed by atoms with Crippen molar-refractivity contribution in [2.75, 3.05) is 0 Å². The van der Waals surface area contributed by atoms with E-state index in [9.17, 15) is 4.79 Å². The summed E-state index contributed by atoms with van der Waals surface area (Å²) in [5.74, 6) is 0.724. The first-order valence-corrected chi connectivity index (χ1v) is 9.42. The van der Waals surface area contributed by atoms with Gasteiger partial charge in [-0.15, -0.1) is 10.2 Å². The maximum Gasteiger partial charge on any atom is 0.251 e. The zero-order chi connectivity index (χ0) is 17.2. The van der Waals surface area contributed by atoms with E-state index in [-0.39, 0.29) is 5.91 Å². The van der Waals surface area contributed by atoms with E-state index in [0.717, 1.165) is 28.7 Å². The molecule has 1 aliphatic rings. The summed E-state index contributed by atoms with van der Waals surface area (Å²) in [6, 6.07) is 11.8. The Morgan fingerprint density at radius 1 is 1.12 bits per heavy atom. The zero-order valence-corrected chi connectivity index (χ0v) is 15.4. The van der Waals surface area contributed by atoms with Crippen molar-refractivity contribution in [2.45, 2.75) is 38.1 Å². The molecular formula is C19H19BrN4O. The van der Waals surface area contributed by atoms with Crippen LogP contribution < -0.4 is 5.32 Å². The average Bonchev–Trinajstić information content (AvgIpc) is 3.06. The fourth-order valence-corrected chi connectivity index (χ4v) is 3.84. The highest BCUT2D eigenvalue weighted by Crippen LogP contribution is 2.27. The number of aromatic nitrogens is 3. The minimum absolute atomic E-state index is 0.0279. The second-order valence-corrected chi connectivity index (χ2v) is 7.31. The molecule has 0 bridgehead atoms. The van der Waals surface area contributed by atoms with Crippen LogP contribution in [0.5, 0.6) is 0 Å². The van der Waals surface area contributed by atoms with E-state index < -0.39 is 0 Å². The van der Waals surface area contributed by atoms with Gasteiger partial charge in [0.15, 0.2) is 11.5 Å². The van der Waals surface area contributed by atoms with Gasteiger partial charge in [-0.25, -0.2) is 0 Å². The van der Waals surface area contributed by atoms with E-state index in [2.05, 4.69) is 31.4 Å². The normalized spacial score (nSPS) is 15.4. The molecule has 1 N–H and O–H groups in total. The Labute approximate surface area is 154 Å². The fraction of sp³-hybridized carbons (Fsp3) is 0.316. The molecule has 1 fully saturated rings. The van der Waals surface area contributed by atoms with Gasteiger partial charge in [0, 0.05) is 27.8 Å². The lowest BCUT2D eigenvalue weighted by Crippen LogP contribution is -2.36. The molecule has 0 spiro atoms. The highest BCUT2D eigenvalue weighted by molar-refractivity contribution is 9.10. The number of carbonyl (C=O) groups is 1. The third-order valence-corrected chi connectivity index (χ3v) is 5.42. The Bertz CT molecular complexity index is 915. The van der Waals surface area contributed by atoms with Gasteiger partial charge in [-0.1, -0.05) is 53.4 Å². The van der Waals surface area contributed by atoms with Crippen LogP contribution in [-0.2, 0) is 0 Å². The Morgan fingerprint density at radius 3 is 2.72 bits per heavy atom. The van der Waals surface area contributed by atoms with Crippen molar-refractivity contribution < 1.29 is 4.79 Å². The standard InChI is InChI=1S/C19H19BrN4O/c20-16-9-5-4-8-15(16)18-23-22-17-12-13(10-11-24(17)18)19(25)21-14-6-2-1-3-7-14/h4-5,8-12,14H,1-3,6-7H2,(H,21,25). The smallest absolute Gasteiger partial charge is 0.251 e. The summed E-state index contributed by atoms with van der Waals surface area (Å²) in [6.45, 7) is 0. The number of nitrogens with one attached hydrogen (secondary N) is 1. The van der Waals surface area contributed by atoms with E-state index in [0.29, 0.717) is 17.3 Å². The number of fused-ring (bicyclic) bond motifs is 1. The number of amides is 1. The largest absolute Gasteiger partial charge is 0.349 e. The molecule has 1 aliphatic carbocycles. The molecule has 0 unspecified atom stereocenters. The second-order valence-electron chi connectivity index (χ2n) is 6.46. The number of halogens is 1. The predicted octanol–water partition coefficient (Wildman–Crippen LogP) is 4.22. The third-order valence-electron chi connectivity index (χ3n) is 4.73. The first-order valence-electron chi connectivity index (χ1n) is 8.63. The molecule has 128 valence electrons. The first kappa shape index (κ1) is 16.3. The number of hydrogen-bond acceptors (Lipinski definition) is 3. The first-order chi connectivity index (χ1) is 12.2. The number of benzene rings is 1. The molecule has 6 heteroatoms. The van der Waals surface area contributed by atoms with Crippen LogP contribution in [0.3, 0.4) is 0 Å². The zero-order valence-electron chi connectivity index (χ0n) is 13.8. The van der Waals surface area contributed by atoms with Crippen LogP contribution in [0.2, 0.25) is 0 Å². The Kier molecular flexibility index (Phi) is 4.53. The maximum absolute atomic E-state index is 12.5. The van der Waals surface area contributed by atoms with Crippen LogP contribution in [-0.4, -0.2) is 26.5 Å². The molecule has 4 rings (SSSR count). The van der Waals surface area contributed by atoms with Gasteiger partial charge in [0.1, 0.15) is 0 Å². The molecule has 5 nitrogen and oxygen atoms in total. The molecule has 1 saturated carbocycles. The second kappa shape index (κ2) is 6.96. The molecule has 1 amide bonds. The topological polar surface area (TPSA) is 59.3 Å². The van der Waals surface area contributed by atoms with Gasteiger partial charge in [0.2, 0.25) is 0 Å². The molecule has 0 aliphatic heterocycles. The monoisotopic (exact) mass is 398 g/mol. The lowest BCUT2D eigenvalue weighted by molar-refractivity contribution is 0.0927. The summed E-state index contributed by atoms with van der Waals surface area (Å²) in [5.41, 5.74) is 2.26. The summed E-state index contributed by atoms with van der Waals surface area (Å²) < 4.78 is 2.86. The summed E-state index contributed by atoms with van der Waals surface area (Å²) in [7, 11) is 0. The van der Waals surface area contributed by atoms with Crippen LogP contribution in [0.4, 0.5) is 0 Å². The summed E-state index contributed by atoms with van der Waals surface area (Å²) in [4.78, 5) is 12.5. The van der Waals surface area contributed by atoms with Gasteiger partial charge in [-0.2, -0.15) is 0 Å². The van der Waals surface area contributed by atoms with Crippen LogP contribution in [0, 0.1) is 0 Å². The Balaban J connectivity index is 1.61. The van der Waals surface area contributed by atoms with E-state index in [4.69, 9.17) is 0 Å². The molecule has 0 atom stereocenters. The maximum atomic E-state index is 12.5. The van der Waals surface area contributed by atoms with Crippen molar-refractivity contribution >= 4 is 27.5 Å². The quantitative estimate of drug-likeness (QED) is 0.718. The molecule has 1 aromatic carbocycles. The van der Waals surface area contributed by atoms with Gasteiger partial charge < -0.3 is 5.32 Å². The average molecular weight is 399 g/mol. The molecule has 25 heavy (non-hydrogen) atoms. The third kappa shape index (κ3) is 3.31. The molecule has 0 radical (unpaired) electrons. The van der Waals surface area contributed by atoms with E-state index >= 15 is 0 Å². The number of carbonyl (C=O) groups excluding carboxylic acids is 1. The highest BCUT2D eigenvalue weighted by atomic mass is 79.9. The number of hydrogen-bond donors (Lipinski definition) is 1. The number of rotatable bonds is 3. The summed E-state index contributed by atoms with van der Waals surface area (Å²) in [5, 5.41) is 11.7. The van der Waals surface area contributed by atoms with Crippen molar-refractivity contribution in [3.8, 4) is 11.4 Å². The van der Waals surface area contributed by atoms with Crippen molar-refractivity contribution in [1.29, 1.82) is 0 Å². The van der Waals surface area contributed by atoms with E-state index in [1.165, 1.54) is 19.3 Å². The van der Waals surface area contributed by atoms with Crippen molar-refractivity contribution in [2.24, 2.45) is 0 Å². The Morgan fingerprint density at radius 2 is 1.92 bits per heavy atom. The number of nitrogens with zero attached hydrogens (tertiary/aromatic N) is 3. The van der Waals surface area contributed by atoms with Gasteiger partial charge in [-0.05, 0) is 31.0 Å². The Hall–Kier alpha value is -2.21.